The molecular weight excluding hydrogens is 556 g/mol. The van der Waals surface area contributed by atoms with Crippen molar-refractivity contribution in [3.63, 3.8) is 0 Å². The molecule has 10 heteroatoms. The summed E-state index contributed by atoms with van der Waals surface area (Å²) in [7, 11) is 3.05. The van der Waals surface area contributed by atoms with Crippen LogP contribution in [0.2, 0.25) is 0 Å². The van der Waals surface area contributed by atoms with Crippen molar-refractivity contribution in [1.82, 2.24) is 20.9 Å². The Morgan fingerprint density at radius 3 is 2.38 bits per heavy atom. The number of benzene rings is 2. The van der Waals surface area contributed by atoms with Gasteiger partial charge in [-0.3, -0.25) is 14.4 Å². The number of ether oxygens (including phenoxy) is 2. The minimum atomic E-state index is -1.09. The first-order valence-electron chi connectivity index (χ1n) is 14.7. The Labute approximate surface area is 256 Å². The lowest BCUT2D eigenvalue weighted by molar-refractivity contribution is -0.154. The molecule has 0 radical (unpaired) electrons. The van der Waals surface area contributed by atoms with Crippen LogP contribution >= 0.6 is 12.4 Å². The summed E-state index contributed by atoms with van der Waals surface area (Å²) in [4.78, 5) is 41.9. The van der Waals surface area contributed by atoms with Gasteiger partial charge in [0.2, 0.25) is 11.8 Å². The molecule has 1 aliphatic rings. The first-order chi connectivity index (χ1) is 19.6. The van der Waals surface area contributed by atoms with Gasteiger partial charge in [0.25, 0.3) is 5.91 Å². The van der Waals surface area contributed by atoms with Crippen molar-refractivity contribution in [3.05, 3.63) is 48.0 Å². The average molecular weight is 605 g/mol. The van der Waals surface area contributed by atoms with Crippen LogP contribution in [0, 0.1) is 5.92 Å². The number of carbonyl (C=O) groups excluding carboxylic acids is 3. The predicted octanol–water partition coefficient (Wildman–Crippen LogP) is 3.47. The minimum absolute atomic E-state index is 0. The zero-order valence-electron chi connectivity index (χ0n) is 25.9. The molecule has 1 unspecified atom stereocenters. The fraction of sp³-hybridized carbons (Fsp3) is 0.594. The third kappa shape index (κ3) is 9.93. The van der Waals surface area contributed by atoms with Gasteiger partial charge in [0.15, 0.2) is 0 Å². The number of hydrogen-bond acceptors (Lipinski definition) is 6. The van der Waals surface area contributed by atoms with Crippen LogP contribution in [-0.4, -0.2) is 86.8 Å². The summed E-state index contributed by atoms with van der Waals surface area (Å²) in [6.45, 7) is 10.4. The highest BCUT2D eigenvalue weighted by atomic mass is 35.5. The molecule has 0 spiro atoms. The Balaban J connectivity index is 0.00000616. The zero-order chi connectivity index (χ0) is 30.0. The van der Waals surface area contributed by atoms with Crippen molar-refractivity contribution in [1.29, 1.82) is 0 Å². The Bertz CT molecular complexity index is 1170. The molecule has 2 aromatic rings. The Kier molecular flexibility index (Phi) is 14.2. The molecule has 3 atom stereocenters. The van der Waals surface area contributed by atoms with E-state index in [9.17, 15) is 14.4 Å². The monoisotopic (exact) mass is 604 g/mol. The van der Waals surface area contributed by atoms with Gasteiger partial charge in [-0.1, -0.05) is 56.3 Å². The number of rotatable bonds is 15. The molecular formula is C32H49ClN4O5. The van der Waals surface area contributed by atoms with Crippen LogP contribution in [-0.2, 0) is 30.3 Å². The smallest absolute Gasteiger partial charge is 0.254 e. The van der Waals surface area contributed by atoms with E-state index in [1.165, 1.54) is 12.0 Å². The molecule has 234 valence electrons. The zero-order valence-corrected chi connectivity index (χ0v) is 26.7. The molecule has 0 bridgehead atoms. The minimum Gasteiger partial charge on any atom is -0.380 e. The largest absolute Gasteiger partial charge is 0.380 e. The van der Waals surface area contributed by atoms with Crippen LogP contribution < -0.4 is 16.0 Å². The van der Waals surface area contributed by atoms with E-state index in [0.29, 0.717) is 25.3 Å². The van der Waals surface area contributed by atoms with Gasteiger partial charge in [0.05, 0.1) is 6.10 Å². The first kappa shape index (κ1) is 35.5. The predicted molar refractivity (Wildman–Crippen MR) is 169 cm³/mol. The van der Waals surface area contributed by atoms with Crippen LogP contribution in [0.25, 0.3) is 10.8 Å². The normalized spacial score (nSPS) is 17.6. The number of likely N-dealkylation sites (tertiary alicyclic amines) is 1. The van der Waals surface area contributed by atoms with E-state index >= 15 is 0 Å². The summed E-state index contributed by atoms with van der Waals surface area (Å²) >= 11 is 0. The molecule has 1 heterocycles. The van der Waals surface area contributed by atoms with Gasteiger partial charge >= 0.3 is 0 Å². The fourth-order valence-electron chi connectivity index (χ4n) is 5.05. The van der Waals surface area contributed by atoms with Crippen molar-refractivity contribution in [2.45, 2.75) is 77.2 Å². The lowest BCUT2D eigenvalue weighted by Crippen LogP contribution is -2.56. The number of unbranched alkanes of at least 4 members (excludes halogenated alkanes) is 1. The van der Waals surface area contributed by atoms with E-state index in [1.807, 2.05) is 36.4 Å². The highest BCUT2D eigenvalue weighted by Gasteiger charge is 2.45. The second kappa shape index (κ2) is 16.8. The number of nitrogens with one attached hydrogen (secondary N) is 3. The SMILES string of the molecule is CO[C@@H]1CC(C(=O)N[C@H](Cc2ccc3ccccc3c2)C(=O)NCCCCNCC(C)C)N(C(=O)C(C)(C)OC)C1.Cl. The second-order valence-corrected chi connectivity index (χ2v) is 11.8. The highest BCUT2D eigenvalue weighted by Crippen LogP contribution is 2.25. The maximum Gasteiger partial charge on any atom is 0.254 e. The maximum absolute atomic E-state index is 13.7. The number of methoxy groups -OCH3 is 2. The third-order valence-electron chi connectivity index (χ3n) is 7.70. The average Bonchev–Trinajstić information content (AvgIpc) is 3.40. The van der Waals surface area contributed by atoms with E-state index in [2.05, 4.69) is 35.9 Å². The molecule has 1 aliphatic heterocycles. The van der Waals surface area contributed by atoms with Crippen molar-refractivity contribution >= 4 is 40.9 Å². The summed E-state index contributed by atoms with van der Waals surface area (Å²) < 4.78 is 10.9. The van der Waals surface area contributed by atoms with Crippen LogP contribution in [0.1, 0.15) is 52.5 Å². The standard InChI is InChI=1S/C32H48N4O5.ClH/c1-22(2)20-33-15-9-10-16-34-29(37)27(18-23-13-14-24-11-7-8-12-25(24)17-23)35-30(38)28-19-26(40-5)21-36(28)31(39)32(3,4)41-6;/h7-8,11-14,17,22,26-28,33H,9-10,15-16,18-21H2,1-6H3,(H,34,37)(H,35,38);1H/t26-,27-,28?;/m1./s1. The summed E-state index contributed by atoms with van der Waals surface area (Å²) in [5.74, 6) is -0.303. The van der Waals surface area contributed by atoms with Crippen LogP contribution in [0.3, 0.4) is 0 Å². The van der Waals surface area contributed by atoms with E-state index < -0.39 is 17.7 Å². The van der Waals surface area contributed by atoms with E-state index in [4.69, 9.17) is 9.47 Å². The number of amides is 3. The number of nitrogens with zero attached hydrogens (tertiary/aromatic N) is 1. The Morgan fingerprint density at radius 2 is 1.71 bits per heavy atom. The van der Waals surface area contributed by atoms with Crippen molar-refractivity contribution in [3.8, 4) is 0 Å². The van der Waals surface area contributed by atoms with Crippen LogP contribution in [0.5, 0.6) is 0 Å². The van der Waals surface area contributed by atoms with Gasteiger partial charge in [-0.2, -0.15) is 0 Å². The molecule has 3 N–H and O–H groups in total. The second-order valence-electron chi connectivity index (χ2n) is 11.8. The number of hydrogen-bond donors (Lipinski definition) is 3. The van der Waals surface area contributed by atoms with Crippen LogP contribution in [0.15, 0.2) is 42.5 Å². The van der Waals surface area contributed by atoms with Crippen LogP contribution in [0.4, 0.5) is 0 Å². The molecule has 1 saturated heterocycles. The molecule has 0 aliphatic carbocycles. The summed E-state index contributed by atoms with van der Waals surface area (Å²) in [6.07, 6.45) is 2.18. The Hall–Kier alpha value is -2.72. The molecule has 0 saturated carbocycles. The molecule has 0 aromatic heterocycles. The van der Waals surface area contributed by atoms with Gasteiger partial charge in [0, 0.05) is 40.2 Å². The molecule has 1 fully saturated rings. The molecule has 3 rings (SSSR count). The van der Waals surface area contributed by atoms with E-state index in [0.717, 1.165) is 42.3 Å². The molecule has 2 aromatic carbocycles. The fourth-order valence-corrected chi connectivity index (χ4v) is 5.05. The van der Waals surface area contributed by atoms with Crippen molar-refractivity contribution in [2.75, 3.05) is 40.4 Å². The van der Waals surface area contributed by atoms with Crippen molar-refractivity contribution < 1.29 is 23.9 Å². The maximum atomic E-state index is 13.7. The topological polar surface area (TPSA) is 109 Å². The molecule has 3 amide bonds. The van der Waals surface area contributed by atoms with Gasteiger partial charge in [0.1, 0.15) is 17.7 Å². The Morgan fingerprint density at radius 1 is 1.02 bits per heavy atom. The van der Waals surface area contributed by atoms with Gasteiger partial charge < -0.3 is 30.3 Å². The lowest BCUT2D eigenvalue weighted by Gasteiger charge is -2.32. The summed E-state index contributed by atoms with van der Waals surface area (Å²) in [5.41, 5.74) is -0.149. The van der Waals surface area contributed by atoms with Gasteiger partial charge in [-0.05, 0) is 62.0 Å². The van der Waals surface area contributed by atoms with E-state index in [1.54, 1.807) is 21.0 Å². The molecule has 42 heavy (non-hydrogen) atoms. The summed E-state index contributed by atoms with van der Waals surface area (Å²) in [6, 6.07) is 12.6. The first-order valence-corrected chi connectivity index (χ1v) is 14.7. The van der Waals surface area contributed by atoms with Gasteiger partial charge in [-0.25, -0.2) is 0 Å². The lowest BCUT2D eigenvalue weighted by atomic mass is 10.0. The number of carbonyl (C=O) groups is 3. The third-order valence-corrected chi connectivity index (χ3v) is 7.70. The van der Waals surface area contributed by atoms with E-state index in [-0.39, 0.29) is 42.8 Å². The highest BCUT2D eigenvalue weighted by molar-refractivity contribution is 5.94. The number of halogens is 1. The summed E-state index contributed by atoms with van der Waals surface area (Å²) in [5, 5.41) is 11.6. The van der Waals surface area contributed by atoms with Crippen molar-refractivity contribution in [2.24, 2.45) is 5.92 Å². The molecule has 9 nitrogen and oxygen atoms in total. The number of fused-ring (bicyclic) bond motifs is 1. The quantitative estimate of drug-likeness (QED) is 0.269. The van der Waals surface area contributed by atoms with Gasteiger partial charge in [-0.15, -0.1) is 12.4 Å².